The van der Waals surface area contributed by atoms with Crippen molar-refractivity contribution in [3.8, 4) is 0 Å². The van der Waals surface area contributed by atoms with Gasteiger partial charge in [0.2, 0.25) is 0 Å². The number of carboxylic acid groups (broad SMARTS) is 1. The van der Waals surface area contributed by atoms with E-state index in [1.807, 2.05) is 4.90 Å². The molecule has 1 aliphatic rings. The van der Waals surface area contributed by atoms with Crippen LogP contribution in [0.1, 0.15) is 10.4 Å². The SMILES string of the molecule is O=C(O)CN1CCN(C(=O)c2ccc(Cl)cc2)CC1. The first-order valence-corrected chi connectivity index (χ1v) is 6.43. The van der Waals surface area contributed by atoms with Crippen LogP contribution in [-0.2, 0) is 4.79 Å². The number of nitrogens with zero attached hydrogens (tertiary/aromatic N) is 2. The minimum absolute atomic E-state index is 0.0307. The van der Waals surface area contributed by atoms with E-state index in [2.05, 4.69) is 0 Å². The lowest BCUT2D eigenvalue weighted by Crippen LogP contribution is -2.49. The van der Waals surface area contributed by atoms with Gasteiger partial charge in [-0.3, -0.25) is 14.5 Å². The van der Waals surface area contributed by atoms with Crippen LogP contribution in [-0.4, -0.2) is 59.5 Å². The smallest absolute Gasteiger partial charge is 0.317 e. The molecule has 1 amide bonds. The van der Waals surface area contributed by atoms with E-state index in [9.17, 15) is 9.59 Å². The number of benzene rings is 1. The van der Waals surface area contributed by atoms with Gasteiger partial charge in [0.1, 0.15) is 0 Å². The summed E-state index contributed by atoms with van der Waals surface area (Å²) >= 11 is 5.78. The Labute approximate surface area is 116 Å². The molecule has 1 fully saturated rings. The van der Waals surface area contributed by atoms with Crippen molar-refractivity contribution in [2.24, 2.45) is 0 Å². The molecule has 19 heavy (non-hydrogen) atoms. The Hall–Kier alpha value is -1.59. The molecular formula is C13H15ClN2O3. The molecule has 2 rings (SSSR count). The Kier molecular flexibility index (Phi) is 4.39. The quantitative estimate of drug-likeness (QED) is 0.904. The van der Waals surface area contributed by atoms with E-state index in [0.717, 1.165) is 0 Å². The fraction of sp³-hybridized carbons (Fsp3) is 0.385. The van der Waals surface area contributed by atoms with Crippen LogP contribution in [0.25, 0.3) is 0 Å². The molecule has 102 valence electrons. The summed E-state index contributed by atoms with van der Waals surface area (Å²) in [6.45, 7) is 2.31. The molecule has 0 aromatic heterocycles. The zero-order valence-electron chi connectivity index (χ0n) is 10.4. The van der Waals surface area contributed by atoms with Gasteiger partial charge in [-0.2, -0.15) is 0 Å². The lowest BCUT2D eigenvalue weighted by atomic mass is 10.2. The molecule has 1 N–H and O–H groups in total. The van der Waals surface area contributed by atoms with Gasteiger partial charge in [-0.1, -0.05) is 11.6 Å². The van der Waals surface area contributed by atoms with Crippen molar-refractivity contribution in [3.63, 3.8) is 0 Å². The number of hydrogen-bond donors (Lipinski definition) is 1. The average molecular weight is 283 g/mol. The minimum Gasteiger partial charge on any atom is -0.480 e. The minimum atomic E-state index is -0.836. The predicted octanol–water partition coefficient (Wildman–Crippen LogP) is 1.18. The molecule has 1 aromatic carbocycles. The third-order valence-corrected chi connectivity index (χ3v) is 3.36. The van der Waals surface area contributed by atoms with Crippen LogP contribution in [0.4, 0.5) is 0 Å². The lowest BCUT2D eigenvalue weighted by Gasteiger charge is -2.33. The Balaban J connectivity index is 1.92. The van der Waals surface area contributed by atoms with E-state index in [0.29, 0.717) is 36.8 Å². The molecule has 1 heterocycles. The number of rotatable bonds is 3. The number of carbonyl (C=O) groups is 2. The van der Waals surface area contributed by atoms with Gasteiger partial charge < -0.3 is 10.0 Å². The Morgan fingerprint density at radius 1 is 1.11 bits per heavy atom. The second-order valence-corrected chi connectivity index (χ2v) is 4.91. The second kappa shape index (κ2) is 6.04. The van der Waals surface area contributed by atoms with E-state index in [1.165, 1.54) is 0 Å². The summed E-state index contributed by atoms with van der Waals surface area (Å²) in [4.78, 5) is 26.4. The number of amides is 1. The summed E-state index contributed by atoms with van der Waals surface area (Å²) < 4.78 is 0. The highest BCUT2D eigenvalue weighted by Gasteiger charge is 2.22. The molecule has 1 aromatic rings. The van der Waals surface area contributed by atoms with E-state index in [-0.39, 0.29) is 12.5 Å². The van der Waals surface area contributed by atoms with E-state index in [4.69, 9.17) is 16.7 Å². The maximum absolute atomic E-state index is 12.2. The molecule has 1 aliphatic heterocycles. The number of halogens is 1. The average Bonchev–Trinajstić information content (AvgIpc) is 2.39. The summed E-state index contributed by atoms with van der Waals surface area (Å²) in [5.74, 6) is -0.871. The van der Waals surface area contributed by atoms with Crippen LogP contribution in [0.3, 0.4) is 0 Å². The van der Waals surface area contributed by atoms with Crippen LogP contribution in [0.2, 0.25) is 5.02 Å². The topological polar surface area (TPSA) is 60.9 Å². The molecule has 0 atom stereocenters. The molecule has 0 aliphatic carbocycles. The maximum atomic E-state index is 12.2. The number of carbonyl (C=O) groups excluding carboxylic acids is 1. The molecule has 0 bridgehead atoms. The summed E-state index contributed by atoms with van der Waals surface area (Å²) in [6.07, 6.45) is 0. The molecule has 0 spiro atoms. The molecular weight excluding hydrogens is 268 g/mol. The van der Waals surface area contributed by atoms with Gasteiger partial charge in [0, 0.05) is 36.8 Å². The van der Waals surface area contributed by atoms with Crippen LogP contribution in [0.5, 0.6) is 0 Å². The largest absolute Gasteiger partial charge is 0.480 e. The normalized spacial score (nSPS) is 16.4. The highest BCUT2D eigenvalue weighted by molar-refractivity contribution is 6.30. The van der Waals surface area contributed by atoms with Gasteiger partial charge in [-0.15, -0.1) is 0 Å². The maximum Gasteiger partial charge on any atom is 0.317 e. The number of hydrogen-bond acceptors (Lipinski definition) is 3. The van der Waals surface area contributed by atoms with E-state index >= 15 is 0 Å². The Morgan fingerprint density at radius 2 is 1.68 bits per heavy atom. The van der Waals surface area contributed by atoms with Crippen LogP contribution in [0, 0.1) is 0 Å². The van der Waals surface area contributed by atoms with Crippen LogP contribution < -0.4 is 0 Å². The third kappa shape index (κ3) is 3.68. The lowest BCUT2D eigenvalue weighted by molar-refractivity contribution is -0.138. The zero-order chi connectivity index (χ0) is 13.8. The summed E-state index contributed by atoms with van der Waals surface area (Å²) in [7, 11) is 0. The zero-order valence-corrected chi connectivity index (χ0v) is 11.1. The first kappa shape index (κ1) is 13.8. The molecule has 0 saturated carbocycles. The Bertz CT molecular complexity index is 467. The van der Waals surface area contributed by atoms with Gasteiger partial charge in [-0.25, -0.2) is 0 Å². The first-order chi connectivity index (χ1) is 9.06. The molecule has 6 heteroatoms. The van der Waals surface area contributed by atoms with Gasteiger partial charge in [0.15, 0.2) is 0 Å². The number of carboxylic acids is 1. The van der Waals surface area contributed by atoms with Crippen molar-refractivity contribution < 1.29 is 14.7 Å². The third-order valence-electron chi connectivity index (χ3n) is 3.11. The van der Waals surface area contributed by atoms with Gasteiger partial charge in [0.25, 0.3) is 5.91 Å². The Morgan fingerprint density at radius 3 is 2.21 bits per heavy atom. The summed E-state index contributed by atoms with van der Waals surface area (Å²) in [6, 6.07) is 6.79. The van der Waals surface area contributed by atoms with Gasteiger partial charge in [0.05, 0.1) is 6.54 Å². The molecule has 1 saturated heterocycles. The van der Waals surface area contributed by atoms with Crippen LogP contribution >= 0.6 is 11.6 Å². The van der Waals surface area contributed by atoms with E-state index < -0.39 is 5.97 Å². The standard InChI is InChI=1S/C13H15ClN2O3/c14-11-3-1-10(2-4-11)13(19)16-7-5-15(6-8-16)9-12(17)18/h1-4H,5-9H2,(H,17,18). The summed E-state index contributed by atoms with van der Waals surface area (Å²) in [5.41, 5.74) is 0.607. The predicted molar refractivity (Wildman–Crippen MR) is 71.4 cm³/mol. The van der Waals surface area contributed by atoms with Crippen molar-refractivity contribution in [2.75, 3.05) is 32.7 Å². The molecule has 5 nitrogen and oxygen atoms in total. The highest BCUT2D eigenvalue weighted by atomic mass is 35.5. The summed E-state index contributed by atoms with van der Waals surface area (Å²) in [5, 5.41) is 9.31. The van der Waals surface area contributed by atoms with Crippen molar-refractivity contribution in [1.29, 1.82) is 0 Å². The van der Waals surface area contributed by atoms with Gasteiger partial charge >= 0.3 is 5.97 Å². The van der Waals surface area contributed by atoms with E-state index in [1.54, 1.807) is 29.2 Å². The monoisotopic (exact) mass is 282 g/mol. The fourth-order valence-corrected chi connectivity index (χ4v) is 2.20. The molecule has 0 radical (unpaired) electrons. The fourth-order valence-electron chi connectivity index (χ4n) is 2.08. The van der Waals surface area contributed by atoms with Gasteiger partial charge in [-0.05, 0) is 24.3 Å². The first-order valence-electron chi connectivity index (χ1n) is 6.05. The second-order valence-electron chi connectivity index (χ2n) is 4.47. The van der Waals surface area contributed by atoms with Crippen molar-refractivity contribution in [2.45, 2.75) is 0 Å². The highest BCUT2D eigenvalue weighted by Crippen LogP contribution is 2.13. The van der Waals surface area contributed by atoms with Crippen molar-refractivity contribution in [3.05, 3.63) is 34.9 Å². The van der Waals surface area contributed by atoms with Crippen molar-refractivity contribution in [1.82, 2.24) is 9.80 Å². The number of aliphatic carboxylic acids is 1. The molecule has 0 unspecified atom stereocenters. The number of piperazine rings is 1. The van der Waals surface area contributed by atoms with Crippen LogP contribution in [0.15, 0.2) is 24.3 Å². The van der Waals surface area contributed by atoms with Crippen molar-refractivity contribution >= 4 is 23.5 Å².